The minimum atomic E-state index is -0.873. The molecule has 1 rings (SSSR count). The Bertz CT molecular complexity index is 341. The standard InChI is InChI=1S/C13H24N2O4/c1-12(2,3)19-8-10(16)15-6-4-13(9-14,5-7-15)11(17)18/h4-9,14H2,1-3H3,(H,17,18). The van der Waals surface area contributed by atoms with Crippen LogP contribution in [0.5, 0.6) is 0 Å². The fourth-order valence-corrected chi connectivity index (χ4v) is 2.06. The van der Waals surface area contributed by atoms with E-state index >= 15 is 0 Å². The largest absolute Gasteiger partial charge is 0.481 e. The molecule has 6 heteroatoms. The lowest BCUT2D eigenvalue weighted by Gasteiger charge is -2.38. The van der Waals surface area contributed by atoms with Crippen LogP contribution in [-0.2, 0) is 14.3 Å². The number of ether oxygens (including phenoxy) is 1. The average molecular weight is 272 g/mol. The quantitative estimate of drug-likeness (QED) is 0.775. The molecule has 0 aromatic rings. The third-order valence-corrected chi connectivity index (χ3v) is 3.55. The van der Waals surface area contributed by atoms with E-state index < -0.39 is 11.4 Å². The van der Waals surface area contributed by atoms with E-state index in [0.717, 1.165) is 0 Å². The smallest absolute Gasteiger partial charge is 0.311 e. The molecular formula is C13H24N2O4. The second-order valence-electron chi connectivity index (χ2n) is 6.07. The zero-order valence-electron chi connectivity index (χ0n) is 11.9. The fourth-order valence-electron chi connectivity index (χ4n) is 2.06. The van der Waals surface area contributed by atoms with Crippen molar-refractivity contribution in [3.05, 3.63) is 0 Å². The van der Waals surface area contributed by atoms with Crippen LogP contribution >= 0.6 is 0 Å². The van der Waals surface area contributed by atoms with Crippen LogP contribution in [-0.4, -0.2) is 53.7 Å². The third-order valence-electron chi connectivity index (χ3n) is 3.55. The lowest BCUT2D eigenvalue weighted by molar-refractivity contribution is -0.155. The van der Waals surface area contributed by atoms with Crippen LogP contribution in [0, 0.1) is 5.41 Å². The maximum absolute atomic E-state index is 11.9. The zero-order chi connectivity index (χ0) is 14.7. The van der Waals surface area contributed by atoms with E-state index in [1.54, 1.807) is 4.90 Å². The first-order valence-electron chi connectivity index (χ1n) is 6.55. The van der Waals surface area contributed by atoms with Crippen LogP contribution < -0.4 is 5.73 Å². The normalized spacial score (nSPS) is 19.3. The summed E-state index contributed by atoms with van der Waals surface area (Å²) in [5.74, 6) is -0.959. The van der Waals surface area contributed by atoms with Gasteiger partial charge in [-0.15, -0.1) is 0 Å². The number of rotatable bonds is 4. The van der Waals surface area contributed by atoms with Gasteiger partial charge < -0.3 is 20.5 Å². The molecule has 0 unspecified atom stereocenters. The number of carboxylic acids is 1. The molecule has 0 bridgehead atoms. The molecule has 1 aliphatic rings. The molecule has 0 aromatic carbocycles. The van der Waals surface area contributed by atoms with Crippen molar-refractivity contribution in [2.24, 2.45) is 11.1 Å². The molecule has 110 valence electrons. The van der Waals surface area contributed by atoms with Gasteiger partial charge in [-0.3, -0.25) is 9.59 Å². The highest BCUT2D eigenvalue weighted by molar-refractivity contribution is 5.79. The Kier molecular flexibility index (Phi) is 4.92. The van der Waals surface area contributed by atoms with Crippen LogP contribution in [0.2, 0.25) is 0 Å². The molecule has 1 amide bonds. The molecule has 6 nitrogen and oxygen atoms in total. The van der Waals surface area contributed by atoms with Crippen molar-refractivity contribution in [2.75, 3.05) is 26.2 Å². The Labute approximate surface area is 113 Å². The Morgan fingerprint density at radius 3 is 2.21 bits per heavy atom. The van der Waals surface area contributed by atoms with Gasteiger partial charge in [0, 0.05) is 19.6 Å². The molecule has 1 saturated heterocycles. The summed E-state index contributed by atoms with van der Waals surface area (Å²) in [5.41, 5.74) is 4.34. The molecule has 1 aliphatic heterocycles. The number of aliphatic carboxylic acids is 1. The second-order valence-corrected chi connectivity index (χ2v) is 6.07. The predicted octanol–water partition coefficient (Wildman–Crippen LogP) is 0.454. The molecule has 0 aromatic heterocycles. The van der Waals surface area contributed by atoms with E-state index in [0.29, 0.717) is 25.9 Å². The molecule has 0 spiro atoms. The highest BCUT2D eigenvalue weighted by Crippen LogP contribution is 2.30. The van der Waals surface area contributed by atoms with Gasteiger partial charge in [0.2, 0.25) is 5.91 Å². The Balaban J connectivity index is 2.49. The number of carboxylic acid groups (broad SMARTS) is 1. The van der Waals surface area contributed by atoms with Crippen LogP contribution in [0.4, 0.5) is 0 Å². The van der Waals surface area contributed by atoms with Gasteiger partial charge in [0.05, 0.1) is 11.0 Å². The van der Waals surface area contributed by atoms with Crippen LogP contribution in [0.25, 0.3) is 0 Å². The van der Waals surface area contributed by atoms with Crippen molar-refractivity contribution in [2.45, 2.75) is 39.2 Å². The topological polar surface area (TPSA) is 92.9 Å². The molecule has 19 heavy (non-hydrogen) atoms. The summed E-state index contributed by atoms with van der Waals surface area (Å²) in [7, 11) is 0. The van der Waals surface area contributed by atoms with Crippen molar-refractivity contribution in [3.8, 4) is 0 Å². The van der Waals surface area contributed by atoms with Crippen LogP contribution in [0.1, 0.15) is 33.6 Å². The van der Waals surface area contributed by atoms with Crippen molar-refractivity contribution < 1.29 is 19.4 Å². The summed E-state index contributed by atoms with van der Waals surface area (Å²) < 4.78 is 5.44. The molecule has 3 N–H and O–H groups in total. The Morgan fingerprint density at radius 1 is 1.32 bits per heavy atom. The zero-order valence-corrected chi connectivity index (χ0v) is 11.9. The van der Waals surface area contributed by atoms with Gasteiger partial charge in [0.15, 0.2) is 0 Å². The summed E-state index contributed by atoms with van der Waals surface area (Å²) in [4.78, 5) is 24.8. The van der Waals surface area contributed by atoms with Gasteiger partial charge in [-0.25, -0.2) is 0 Å². The monoisotopic (exact) mass is 272 g/mol. The number of likely N-dealkylation sites (tertiary alicyclic amines) is 1. The Hall–Kier alpha value is -1.14. The number of hydrogen-bond donors (Lipinski definition) is 2. The Morgan fingerprint density at radius 2 is 1.84 bits per heavy atom. The fraction of sp³-hybridized carbons (Fsp3) is 0.846. The van der Waals surface area contributed by atoms with Crippen molar-refractivity contribution in [1.82, 2.24) is 4.90 Å². The number of carbonyl (C=O) groups is 2. The maximum Gasteiger partial charge on any atom is 0.311 e. The van der Waals surface area contributed by atoms with Crippen molar-refractivity contribution in [1.29, 1.82) is 0 Å². The second kappa shape index (κ2) is 5.88. The number of hydrogen-bond acceptors (Lipinski definition) is 4. The third kappa shape index (κ3) is 4.18. The molecule has 0 radical (unpaired) electrons. The predicted molar refractivity (Wildman–Crippen MR) is 70.6 cm³/mol. The lowest BCUT2D eigenvalue weighted by Crippen LogP contribution is -2.50. The van der Waals surface area contributed by atoms with E-state index in [-0.39, 0.29) is 24.7 Å². The number of amides is 1. The van der Waals surface area contributed by atoms with E-state index in [1.165, 1.54) is 0 Å². The molecule has 1 heterocycles. The van der Waals surface area contributed by atoms with Gasteiger partial charge in [0.1, 0.15) is 6.61 Å². The summed E-state index contributed by atoms with van der Waals surface area (Å²) in [6, 6.07) is 0. The first-order valence-corrected chi connectivity index (χ1v) is 6.55. The number of carbonyl (C=O) groups excluding carboxylic acids is 1. The summed E-state index contributed by atoms with van der Waals surface area (Å²) in [6.07, 6.45) is 0.806. The minimum absolute atomic E-state index is 0.0339. The lowest BCUT2D eigenvalue weighted by atomic mass is 9.78. The highest BCUT2D eigenvalue weighted by Gasteiger charge is 2.41. The van der Waals surface area contributed by atoms with Crippen molar-refractivity contribution >= 4 is 11.9 Å². The van der Waals surface area contributed by atoms with E-state index in [1.807, 2.05) is 20.8 Å². The summed E-state index contributed by atoms with van der Waals surface area (Å²) in [6.45, 7) is 6.67. The number of piperidine rings is 1. The number of nitrogens with zero attached hydrogens (tertiary/aromatic N) is 1. The van der Waals surface area contributed by atoms with Crippen molar-refractivity contribution in [3.63, 3.8) is 0 Å². The van der Waals surface area contributed by atoms with Crippen LogP contribution in [0.3, 0.4) is 0 Å². The summed E-state index contributed by atoms with van der Waals surface area (Å²) in [5, 5.41) is 9.22. The molecule has 1 fully saturated rings. The maximum atomic E-state index is 11.9. The van der Waals surface area contributed by atoms with Gasteiger partial charge in [-0.05, 0) is 33.6 Å². The SMILES string of the molecule is CC(C)(C)OCC(=O)N1CCC(CN)(C(=O)O)CC1. The van der Waals surface area contributed by atoms with E-state index in [9.17, 15) is 14.7 Å². The van der Waals surface area contributed by atoms with Gasteiger partial charge >= 0.3 is 5.97 Å². The molecular weight excluding hydrogens is 248 g/mol. The minimum Gasteiger partial charge on any atom is -0.481 e. The van der Waals surface area contributed by atoms with E-state index in [2.05, 4.69) is 0 Å². The van der Waals surface area contributed by atoms with Crippen LogP contribution in [0.15, 0.2) is 0 Å². The molecule has 0 aliphatic carbocycles. The van der Waals surface area contributed by atoms with E-state index in [4.69, 9.17) is 10.5 Å². The summed E-state index contributed by atoms with van der Waals surface area (Å²) >= 11 is 0. The van der Waals surface area contributed by atoms with Gasteiger partial charge in [-0.2, -0.15) is 0 Å². The van der Waals surface area contributed by atoms with Gasteiger partial charge in [-0.1, -0.05) is 0 Å². The average Bonchev–Trinajstić information content (AvgIpc) is 2.35. The molecule has 0 atom stereocenters. The number of nitrogens with two attached hydrogens (primary N) is 1. The first kappa shape index (κ1) is 15.9. The van der Waals surface area contributed by atoms with Gasteiger partial charge in [0.25, 0.3) is 0 Å². The molecule has 0 saturated carbocycles. The first-order chi connectivity index (χ1) is 8.70. The highest BCUT2D eigenvalue weighted by atomic mass is 16.5.